The van der Waals surface area contributed by atoms with Crippen molar-refractivity contribution < 1.29 is 29.0 Å². The molecule has 0 unspecified atom stereocenters. The summed E-state index contributed by atoms with van der Waals surface area (Å²) in [6.45, 7) is 0. The first-order valence-electron chi connectivity index (χ1n) is 20.8. The third-order valence-corrected chi connectivity index (χ3v) is 12.1. The monoisotopic (exact) mass is 1030 g/mol. The number of fused-ring (bicyclic) bond motifs is 2. The molecule has 0 radical (unpaired) electrons. The van der Waals surface area contributed by atoms with Crippen molar-refractivity contribution in [2.75, 3.05) is 7.11 Å². The van der Waals surface area contributed by atoms with Crippen LogP contribution >= 0.6 is 46.4 Å². The Kier molecular flexibility index (Phi) is 15.4. The maximum absolute atomic E-state index is 13.0. The number of rotatable bonds is 10. The summed E-state index contributed by atoms with van der Waals surface area (Å²) in [5, 5.41) is 15.5. The number of amides is 2. The second-order valence-corrected chi connectivity index (χ2v) is 16.8. The van der Waals surface area contributed by atoms with Gasteiger partial charge in [-0.1, -0.05) is 107 Å². The van der Waals surface area contributed by atoms with Gasteiger partial charge in [-0.15, -0.1) is 0 Å². The summed E-state index contributed by atoms with van der Waals surface area (Å²) in [6.07, 6.45) is 2.62. The van der Waals surface area contributed by atoms with Gasteiger partial charge in [0.2, 0.25) is 0 Å². The molecule has 0 fully saturated rings. The van der Waals surface area contributed by atoms with Crippen LogP contribution in [0.15, 0.2) is 164 Å². The fraction of sp³-hybridized carbons (Fsp3) is 0.0588. The summed E-state index contributed by atoms with van der Waals surface area (Å²) in [4.78, 5) is 101. The topological polar surface area (TPSA) is 210 Å². The molecule has 0 aliphatic heterocycles. The molecule has 0 saturated carbocycles. The summed E-state index contributed by atoms with van der Waals surface area (Å²) in [5.74, 6) is -3.65. The van der Waals surface area contributed by atoms with E-state index in [0.29, 0.717) is 44.3 Å². The van der Waals surface area contributed by atoms with Gasteiger partial charge < -0.3 is 20.5 Å². The van der Waals surface area contributed by atoms with Gasteiger partial charge in [-0.2, -0.15) is 0 Å². The van der Waals surface area contributed by atoms with Gasteiger partial charge in [-0.05, 0) is 96.1 Å². The first-order chi connectivity index (χ1) is 33.9. The normalized spacial score (nSPS) is 11.4. The van der Waals surface area contributed by atoms with Crippen LogP contribution in [0.4, 0.5) is 0 Å². The summed E-state index contributed by atoms with van der Waals surface area (Å²) in [5.41, 5.74) is 0.0329. The Morgan fingerprint density at radius 2 is 0.859 bits per heavy atom. The number of aryl methyl sites for hydroxylation is 2. The number of carboxylic acid groups (broad SMARTS) is 1. The zero-order chi connectivity index (χ0) is 51.3. The Balaban J connectivity index is 0.000000209. The number of hydrogen-bond donors (Lipinski definition) is 3. The highest BCUT2D eigenvalue weighted by Gasteiger charge is 2.21. The van der Waals surface area contributed by atoms with E-state index in [4.69, 9.17) is 51.1 Å². The fourth-order valence-corrected chi connectivity index (χ4v) is 8.39. The number of carbonyl (C=O) groups is 4. The number of nitrogens with one attached hydrogen (secondary N) is 2. The van der Waals surface area contributed by atoms with E-state index in [2.05, 4.69) is 10.6 Å². The fourth-order valence-electron chi connectivity index (χ4n) is 7.25. The van der Waals surface area contributed by atoms with Crippen LogP contribution in [0, 0.1) is 0 Å². The maximum Gasteiger partial charge on any atom is 0.354 e. The average Bonchev–Trinajstić information content (AvgIpc) is 3.35. The Morgan fingerprint density at radius 3 is 1.23 bits per heavy atom. The molecule has 71 heavy (non-hydrogen) atoms. The van der Waals surface area contributed by atoms with E-state index in [1.165, 1.54) is 76.9 Å². The number of nitrogens with zero attached hydrogens (tertiary/aromatic N) is 4. The number of aliphatic carboxylic acids is 1. The van der Waals surface area contributed by atoms with Crippen molar-refractivity contribution >= 4 is 104 Å². The highest BCUT2D eigenvalue weighted by Crippen LogP contribution is 2.26. The van der Waals surface area contributed by atoms with Gasteiger partial charge in [0.25, 0.3) is 22.9 Å². The van der Waals surface area contributed by atoms with Gasteiger partial charge in [-0.3, -0.25) is 28.3 Å². The second-order valence-electron chi connectivity index (χ2n) is 15.2. The predicted molar refractivity (Wildman–Crippen MR) is 273 cm³/mol. The number of benzene rings is 6. The van der Waals surface area contributed by atoms with Gasteiger partial charge in [0.15, 0.2) is 0 Å². The van der Waals surface area contributed by atoms with Crippen LogP contribution in [0.5, 0.6) is 0 Å². The van der Waals surface area contributed by atoms with E-state index < -0.39 is 51.9 Å². The molecule has 358 valence electrons. The molecule has 2 amide bonds. The summed E-state index contributed by atoms with van der Waals surface area (Å²) in [6, 6.07) is 35.1. The van der Waals surface area contributed by atoms with E-state index in [-0.39, 0.29) is 36.9 Å². The number of hydrogen-bond acceptors (Lipinski definition) is 9. The molecule has 2 aromatic heterocycles. The minimum absolute atomic E-state index is 0.0116. The molecule has 2 heterocycles. The Morgan fingerprint density at radius 1 is 0.507 bits per heavy atom. The minimum Gasteiger partial charge on any atom is -0.477 e. The van der Waals surface area contributed by atoms with Crippen LogP contribution < -0.4 is 33.1 Å². The Bertz CT molecular complexity index is 3740. The molecule has 16 nitrogen and oxygen atoms in total. The Hall–Kier alpha value is -8.28. The highest BCUT2D eigenvalue weighted by molar-refractivity contribution is 6.40. The number of halogens is 4. The molecule has 0 aliphatic rings. The molecule has 8 aromatic rings. The van der Waals surface area contributed by atoms with Gasteiger partial charge in [0.1, 0.15) is 11.4 Å². The third-order valence-electron chi connectivity index (χ3n) is 10.8. The minimum atomic E-state index is -1.38. The number of carboxylic acids is 1. The van der Waals surface area contributed by atoms with Crippen LogP contribution in [0.25, 0.3) is 45.3 Å². The highest BCUT2D eigenvalue weighted by atomic mass is 35.5. The van der Waals surface area contributed by atoms with Crippen LogP contribution in [0.1, 0.15) is 31.8 Å². The van der Waals surface area contributed by atoms with E-state index in [1.54, 1.807) is 99.0 Å². The molecule has 6 aromatic carbocycles. The van der Waals surface area contributed by atoms with Crippen LogP contribution in [0.3, 0.4) is 0 Å². The van der Waals surface area contributed by atoms with Crippen molar-refractivity contribution in [2.45, 2.75) is 0 Å². The molecule has 3 N–H and O–H groups in total. The summed E-state index contributed by atoms with van der Waals surface area (Å²) in [7, 11) is 4.34. The molecule has 20 heteroatoms. The lowest BCUT2D eigenvalue weighted by molar-refractivity contribution is -0.136. The number of methoxy groups -OCH3 is 1. The number of carbonyl (C=O) groups excluding carboxylic acids is 3. The van der Waals surface area contributed by atoms with Crippen molar-refractivity contribution in [3.63, 3.8) is 0 Å². The molecular formula is C51H36Cl4N6O10. The molecule has 0 aliphatic carbocycles. The zero-order valence-electron chi connectivity index (χ0n) is 37.3. The largest absolute Gasteiger partial charge is 0.477 e. The zero-order valence-corrected chi connectivity index (χ0v) is 40.3. The van der Waals surface area contributed by atoms with Gasteiger partial charge in [-0.25, -0.2) is 28.3 Å². The van der Waals surface area contributed by atoms with Gasteiger partial charge in [0, 0.05) is 14.1 Å². The van der Waals surface area contributed by atoms with Crippen molar-refractivity contribution in [2.24, 2.45) is 14.1 Å². The van der Waals surface area contributed by atoms with Crippen molar-refractivity contribution in [3.05, 3.63) is 229 Å². The number of aromatic nitrogens is 4. The van der Waals surface area contributed by atoms with E-state index in [9.17, 15) is 43.5 Å². The second kappa shape index (κ2) is 21.6. The van der Waals surface area contributed by atoms with E-state index in [1.807, 2.05) is 0 Å². The molecule has 0 bridgehead atoms. The van der Waals surface area contributed by atoms with Gasteiger partial charge >= 0.3 is 23.3 Å². The quantitative estimate of drug-likeness (QED) is 0.0894. The van der Waals surface area contributed by atoms with Crippen LogP contribution in [-0.2, 0) is 28.4 Å². The lowest BCUT2D eigenvalue weighted by atomic mass is 10.1. The summed E-state index contributed by atoms with van der Waals surface area (Å²) >= 11 is 24.2. The van der Waals surface area contributed by atoms with Crippen LogP contribution in [-0.4, -0.2) is 54.2 Å². The molecule has 0 spiro atoms. The van der Waals surface area contributed by atoms with E-state index in [0.717, 1.165) is 9.13 Å². The first-order valence-corrected chi connectivity index (χ1v) is 22.3. The summed E-state index contributed by atoms with van der Waals surface area (Å²) < 4.78 is 9.66. The molecule has 8 rings (SSSR count). The number of ether oxygens (including phenoxy) is 1. The number of para-hydroxylation sites is 2. The van der Waals surface area contributed by atoms with E-state index >= 15 is 0 Å². The standard InChI is InChI=1S/C26H19Cl2N3O5.C25H17Cl2N3O5/c1-30-21-9-4-3-6-17(21)24(33)31(26(30)35)16-12-10-15(11-13-16)14-20(25(34)36-2)29-23(32)22-18(27)7-5-8-19(22)28;1-29-20-8-3-2-5-16(20)23(32)30(25(29)35)15-11-9-14(10-12-15)13-19(24(33)34)28-22(31)21-17(26)6-4-7-18(21)27/h3-14H,1-2H3,(H,29,32);2-13H,1H3,(H,28,31)(H,33,34)/b20-14-;19-13-. The average molecular weight is 1030 g/mol. The first kappa shape index (κ1) is 50.6. The lowest BCUT2D eigenvalue weighted by Crippen LogP contribution is -2.37. The molecule has 0 atom stereocenters. The van der Waals surface area contributed by atoms with Crippen molar-refractivity contribution in [1.82, 2.24) is 28.9 Å². The predicted octanol–water partition coefficient (Wildman–Crippen LogP) is 7.79. The lowest BCUT2D eigenvalue weighted by Gasteiger charge is -2.12. The van der Waals surface area contributed by atoms with Crippen molar-refractivity contribution in [3.8, 4) is 11.4 Å². The molecular weight excluding hydrogens is 998 g/mol. The van der Waals surface area contributed by atoms with Gasteiger partial charge in [0.05, 0.1) is 71.5 Å². The SMILES string of the molecule is COC(=O)/C(=C/c1ccc(-n2c(=O)c3ccccc3n(C)c2=O)cc1)NC(=O)c1c(Cl)cccc1Cl.Cn1c(=O)n(-c2ccc(/C=C(\NC(=O)c3c(Cl)cccc3Cl)C(=O)O)cc2)c(=O)c2ccccc21. The number of esters is 1. The third kappa shape index (κ3) is 10.7. The van der Waals surface area contributed by atoms with Crippen LogP contribution in [0.2, 0.25) is 20.1 Å². The maximum atomic E-state index is 13.0. The van der Waals surface area contributed by atoms with Crippen molar-refractivity contribution in [1.29, 1.82) is 0 Å². The Labute approximate surface area is 421 Å². The molecule has 0 saturated heterocycles. The smallest absolute Gasteiger partial charge is 0.354 e.